The first-order valence-corrected chi connectivity index (χ1v) is 10.5. The number of benzene rings is 3. The number of nitrogens with zero attached hydrogens (tertiary/aromatic N) is 1. The third-order valence-electron chi connectivity index (χ3n) is 5.02. The zero-order valence-electron chi connectivity index (χ0n) is 17.2. The van der Waals surface area contributed by atoms with Crippen LogP contribution in [0.2, 0.25) is 0 Å². The lowest BCUT2D eigenvalue weighted by molar-refractivity contribution is 0.466. The molecule has 0 unspecified atom stereocenters. The first-order chi connectivity index (χ1) is 14.2. The molecular weight excluding hydrogens is 362 g/mol. The number of phenols is 2. The molecule has 29 heavy (non-hydrogen) atoms. The monoisotopic (exact) mass is 393 g/mol. The van der Waals surface area contributed by atoms with Crippen LogP contribution in [0.15, 0.2) is 65.8 Å². The van der Waals surface area contributed by atoms with Crippen LogP contribution in [0.25, 0.3) is 10.8 Å². The summed E-state index contributed by atoms with van der Waals surface area (Å²) in [5, 5.41) is 23.4. The van der Waals surface area contributed by atoms with Crippen LogP contribution in [0.1, 0.15) is 57.4 Å². The Bertz CT molecular complexity index is 892. The minimum atomic E-state index is -0.0481. The fourth-order valence-corrected chi connectivity index (χ4v) is 3.31. The summed E-state index contributed by atoms with van der Waals surface area (Å²) in [6.45, 7) is 2.25. The van der Waals surface area contributed by atoms with E-state index in [4.69, 9.17) is 0 Å². The van der Waals surface area contributed by atoms with Gasteiger partial charge in [0, 0.05) is 5.39 Å². The van der Waals surface area contributed by atoms with Crippen molar-refractivity contribution in [3.63, 3.8) is 0 Å². The molecule has 4 heteroatoms. The van der Waals surface area contributed by atoms with E-state index in [2.05, 4.69) is 12.1 Å². The predicted molar refractivity (Wildman–Crippen MR) is 121 cm³/mol. The molecule has 0 heterocycles. The minimum absolute atomic E-state index is 0.0481. The van der Waals surface area contributed by atoms with Crippen molar-refractivity contribution in [3.8, 4) is 11.5 Å². The van der Waals surface area contributed by atoms with Gasteiger partial charge in [0.2, 0.25) is 0 Å². The van der Waals surface area contributed by atoms with E-state index in [0.717, 1.165) is 17.4 Å². The van der Waals surface area contributed by atoms with Gasteiger partial charge in [0.15, 0.2) is 5.75 Å². The van der Waals surface area contributed by atoms with Crippen LogP contribution in [0.3, 0.4) is 0 Å². The molecule has 0 saturated heterocycles. The lowest BCUT2D eigenvalue weighted by Crippen LogP contribution is -1.87. The summed E-state index contributed by atoms with van der Waals surface area (Å²) in [6.07, 6.45) is 10.3. The lowest BCUT2D eigenvalue weighted by atomic mass is 10.0. The molecule has 0 atom stereocenters. The Morgan fingerprint density at radius 2 is 1.41 bits per heavy atom. The molecule has 2 N–H and O–H groups in total. The smallest absolute Gasteiger partial charge is 0.152 e. The summed E-state index contributed by atoms with van der Waals surface area (Å²) in [5.74, 6) is 0.404. The highest BCUT2D eigenvalue weighted by Crippen LogP contribution is 2.33. The van der Waals surface area contributed by atoms with Crippen molar-refractivity contribution >= 4 is 16.5 Å². The molecule has 0 aliphatic heterocycles. The Hall–Kier alpha value is -2.88. The summed E-state index contributed by atoms with van der Waals surface area (Å²) in [4.78, 5) is 10.3. The second kappa shape index (κ2) is 12.6. The highest BCUT2D eigenvalue weighted by molar-refractivity contribution is 5.92. The number of aryl methyl sites for hydroxylation is 1. The standard InChI is InChI=1S/C15H24O.C10H7NO2/c1-2-3-4-5-6-7-8-11-14-12-9-10-13-15(14)16;12-10-8-4-2-1-3-7(8)5-6-9(10)11-13/h9-10,12-13,16H,2-8,11H2,1H3;1-6,12H. The number of hydrogen-bond acceptors (Lipinski definition) is 4. The van der Waals surface area contributed by atoms with Gasteiger partial charge in [-0.15, -0.1) is 4.91 Å². The molecule has 0 bridgehead atoms. The Morgan fingerprint density at radius 1 is 0.759 bits per heavy atom. The SMILES string of the molecule is CCCCCCCCCc1ccccc1O.O=Nc1ccc2ccccc2c1O. The largest absolute Gasteiger partial charge is 0.508 e. The molecule has 0 aliphatic rings. The Morgan fingerprint density at radius 3 is 2.14 bits per heavy atom. The number of hydrogen-bond donors (Lipinski definition) is 2. The van der Waals surface area contributed by atoms with Crippen LogP contribution in [0, 0.1) is 4.91 Å². The molecule has 0 spiro atoms. The van der Waals surface area contributed by atoms with E-state index in [-0.39, 0.29) is 11.4 Å². The maximum atomic E-state index is 10.3. The summed E-state index contributed by atoms with van der Waals surface area (Å²) < 4.78 is 0. The van der Waals surface area contributed by atoms with Crippen LogP contribution in [0.5, 0.6) is 11.5 Å². The van der Waals surface area contributed by atoms with Crippen molar-refractivity contribution in [2.45, 2.75) is 58.3 Å². The molecule has 0 fully saturated rings. The highest BCUT2D eigenvalue weighted by Gasteiger charge is 2.04. The first-order valence-electron chi connectivity index (χ1n) is 10.5. The van der Waals surface area contributed by atoms with Crippen LogP contribution in [-0.2, 0) is 6.42 Å². The summed E-state index contributed by atoms with van der Waals surface area (Å²) >= 11 is 0. The molecule has 0 saturated carbocycles. The van der Waals surface area contributed by atoms with Crippen LogP contribution >= 0.6 is 0 Å². The molecule has 0 radical (unpaired) electrons. The van der Waals surface area contributed by atoms with Gasteiger partial charge in [-0.1, -0.05) is 94.0 Å². The van der Waals surface area contributed by atoms with Crippen LogP contribution in [0.4, 0.5) is 5.69 Å². The van der Waals surface area contributed by atoms with Gasteiger partial charge in [-0.05, 0) is 41.1 Å². The molecule has 154 valence electrons. The number of para-hydroxylation sites is 1. The predicted octanol–water partition coefficient (Wildman–Crippen LogP) is 7.63. The van der Waals surface area contributed by atoms with E-state index in [1.54, 1.807) is 24.3 Å². The van der Waals surface area contributed by atoms with Crippen molar-refractivity contribution in [3.05, 3.63) is 71.1 Å². The number of rotatable bonds is 9. The first kappa shape index (κ1) is 22.4. The molecule has 0 aromatic heterocycles. The average molecular weight is 394 g/mol. The Kier molecular flexibility index (Phi) is 9.70. The fourth-order valence-electron chi connectivity index (χ4n) is 3.31. The van der Waals surface area contributed by atoms with E-state index in [9.17, 15) is 15.1 Å². The number of unbranched alkanes of at least 4 members (excludes halogenated alkanes) is 6. The van der Waals surface area contributed by atoms with E-state index in [1.807, 2.05) is 30.3 Å². The topological polar surface area (TPSA) is 69.9 Å². The zero-order chi connectivity index (χ0) is 20.9. The maximum absolute atomic E-state index is 10.3. The molecule has 3 aromatic rings. The van der Waals surface area contributed by atoms with Gasteiger partial charge in [0.25, 0.3) is 0 Å². The Labute approximate surface area is 173 Å². The van der Waals surface area contributed by atoms with Gasteiger partial charge in [-0.3, -0.25) is 0 Å². The Balaban J connectivity index is 0.000000211. The van der Waals surface area contributed by atoms with Crippen LogP contribution in [-0.4, -0.2) is 10.2 Å². The highest BCUT2D eigenvalue weighted by atomic mass is 16.3. The zero-order valence-corrected chi connectivity index (χ0v) is 17.2. The molecule has 0 amide bonds. The third-order valence-corrected chi connectivity index (χ3v) is 5.02. The van der Waals surface area contributed by atoms with Crippen molar-refractivity contribution in [2.75, 3.05) is 0 Å². The minimum Gasteiger partial charge on any atom is -0.508 e. The number of aromatic hydroxyl groups is 2. The van der Waals surface area contributed by atoms with Crippen molar-refractivity contribution < 1.29 is 10.2 Å². The maximum Gasteiger partial charge on any atom is 0.152 e. The van der Waals surface area contributed by atoms with Gasteiger partial charge in [-0.2, -0.15) is 0 Å². The van der Waals surface area contributed by atoms with Crippen molar-refractivity contribution in [1.29, 1.82) is 0 Å². The van der Waals surface area contributed by atoms with E-state index < -0.39 is 0 Å². The normalized spacial score (nSPS) is 10.4. The van der Waals surface area contributed by atoms with E-state index >= 15 is 0 Å². The van der Waals surface area contributed by atoms with Gasteiger partial charge >= 0.3 is 0 Å². The van der Waals surface area contributed by atoms with Gasteiger partial charge in [-0.25, -0.2) is 0 Å². The van der Waals surface area contributed by atoms with Crippen LogP contribution < -0.4 is 0 Å². The van der Waals surface area contributed by atoms with E-state index in [1.165, 1.54) is 51.0 Å². The summed E-state index contributed by atoms with van der Waals surface area (Å²) in [7, 11) is 0. The third kappa shape index (κ3) is 7.22. The molecule has 3 rings (SSSR count). The van der Waals surface area contributed by atoms with Gasteiger partial charge in [0.05, 0.1) is 0 Å². The van der Waals surface area contributed by atoms with E-state index in [0.29, 0.717) is 11.1 Å². The number of nitroso groups, excluding NO2 is 1. The fraction of sp³-hybridized carbons (Fsp3) is 0.360. The van der Waals surface area contributed by atoms with Gasteiger partial charge < -0.3 is 10.2 Å². The second-order valence-electron chi connectivity index (χ2n) is 7.25. The molecular formula is C25H31NO3. The summed E-state index contributed by atoms with van der Waals surface area (Å²) in [5.41, 5.74) is 1.18. The van der Waals surface area contributed by atoms with Crippen molar-refractivity contribution in [2.24, 2.45) is 5.18 Å². The second-order valence-corrected chi connectivity index (χ2v) is 7.25. The lowest BCUT2D eigenvalue weighted by Gasteiger charge is -2.04. The van der Waals surface area contributed by atoms with Gasteiger partial charge in [0.1, 0.15) is 11.4 Å². The average Bonchev–Trinajstić information content (AvgIpc) is 2.75. The number of fused-ring (bicyclic) bond motifs is 1. The molecule has 3 aromatic carbocycles. The summed E-state index contributed by atoms with van der Waals surface area (Å²) in [6, 6.07) is 18.2. The number of phenolic OH excluding ortho intramolecular Hbond substituents is 2. The molecule has 0 aliphatic carbocycles. The molecule has 4 nitrogen and oxygen atoms in total. The van der Waals surface area contributed by atoms with Crippen molar-refractivity contribution in [1.82, 2.24) is 0 Å². The quantitative estimate of drug-likeness (QED) is 0.290.